The smallest absolute Gasteiger partial charge is 0.235 e. The van der Waals surface area contributed by atoms with E-state index in [2.05, 4.69) is 15.4 Å². The molecular weight excluding hydrogens is 342 g/mol. The maximum Gasteiger partial charge on any atom is 0.235 e. The molecule has 1 amide bonds. The second-order valence-electron chi connectivity index (χ2n) is 5.91. The number of sulfonamides is 1. The van der Waals surface area contributed by atoms with Gasteiger partial charge in [0.1, 0.15) is 0 Å². The van der Waals surface area contributed by atoms with Crippen molar-refractivity contribution in [2.75, 3.05) is 38.5 Å². The Morgan fingerprint density at radius 2 is 2.13 bits per heavy atom. The van der Waals surface area contributed by atoms with Gasteiger partial charge in [-0.15, -0.1) is 12.4 Å². The van der Waals surface area contributed by atoms with E-state index in [-0.39, 0.29) is 43.3 Å². The summed E-state index contributed by atoms with van der Waals surface area (Å²) >= 11 is 0. The summed E-state index contributed by atoms with van der Waals surface area (Å²) < 4.78 is 30.8. The zero-order valence-corrected chi connectivity index (χ0v) is 15.6. The highest BCUT2D eigenvalue weighted by atomic mass is 35.5. The quantitative estimate of drug-likeness (QED) is 0.512. The molecule has 7 nitrogen and oxygen atoms in total. The third-order valence-electron chi connectivity index (χ3n) is 3.53. The van der Waals surface area contributed by atoms with Crippen molar-refractivity contribution in [1.82, 2.24) is 15.4 Å². The molecular formula is C14H30ClN3O4S. The van der Waals surface area contributed by atoms with Gasteiger partial charge in [-0.05, 0) is 52.1 Å². The molecule has 0 saturated carbocycles. The van der Waals surface area contributed by atoms with E-state index in [1.54, 1.807) is 0 Å². The Labute approximate surface area is 145 Å². The van der Waals surface area contributed by atoms with E-state index in [9.17, 15) is 13.2 Å². The van der Waals surface area contributed by atoms with E-state index < -0.39 is 10.0 Å². The fraction of sp³-hybridized carbons (Fsp3) is 0.929. The molecule has 1 atom stereocenters. The standard InChI is InChI=1S/C14H29N3O4S.ClH/c1-12(2)21-8-9-22(19,20)17-11-14(18)16-7-5-13-4-3-6-15-10-13;/h12-13,15,17H,3-11H2,1-2H3,(H,16,18);1H. The van der Waals surface area contributed by atoms with Crippen molar-refractivity contribution in [3.63, 3.8) is 0 Å². The Bertz CT molecular complexity index is 426. The predicted molar refractivity (Wildman–Crippen MR) is 93.3 cm³/mol. The van der Waals surface area contributed by atoms with E-state index in [4.69, 9.17) is 4.74 Å². The highest BCUT2D eigenvalue weighted by molar-refractivity contribution is 7.89. The molecule has 0 aromatic heterocycles. The van der Waals surface area contributed by atoms with Crippen LogP contribution in [0.5, 0.6) is 0 Å². The van der Waals surface area contributed by atoms with Crippen LogP contribution in [0.4, 0.5) is 0 Å². The van der Waals surface area contributed by atoms with Crippen LogP contribution in [-0.4, -0.2) is 59.0 Å². The lowest BCUT2D eigenvalue weighted by molar-refractivity contribution is -0.120. The van der Waals surface area contributed by atoms with E-state index in [0.29, 0.717) is 12.5 Å². The molecule has 0 aromatic rings. The van der Waals surface area contributed by atoms with Crippen LogP contribution in [0.2, 0.25) is 0 Å². The number of nitrogens with one attached hydrogen (secondary N) is 3. The molecule has 1 fully saturated rings. The Balaban J connectivity index is 0.00000484. The van der Waals surface area contributed by atoms with Crippen molar-refractivity contribution in [3.05, 3.63) is 0 Å². The van der Waals surface area contributed by atoms with Crippen LogP contribution in [0.1, 0.15) is 33.1 Å². The van der Waals surface area contributed by atoms with Crippen molar-refractivity contribution >= 4 is 28.3 Å². The summed E-state index contributed by atoms with van der Waals surface area (Å²) in [6.07, 6.45) is 3.28. The third kappa shape index (κ3) is 11.7. The number of amides is 1. The van der Waals surface area contributed by atoms with Crippen LogP contribution in [0.15, 0.2) is 0 Å². The maximum absolute atomic E-state index is 11.7. The van der Waals surface area contributed by atoms with E-state index in [1.165, 1.54) is 12.8 Å². The molecule has 0 bridgehead atoms. The van der Waals surface area contributed by atoms with Crippen LogP contribution in [0, 0.1) is 5.92 Å². The van der Waals surface area contributed by atoms with Crippen LogP contribution in [0.25, 0.3) is 0 Å². The van der Waals surface area contributed by atoms with Gasteiger partial charge in [0.25, 0.3) is 0 Å². The van der Waals surface area contributed by atoms with Gasteiger partial charge in [-0.2, -0.15) is 0 Å². The van der Waals surface area contributed by atoms with Crippen molar-refractivity contribution < 1.29 is 17.9 Å². The summed E-state index contributed by atoms with van der Waals surface area (Å²) in [7, 11) is -3.46. The lowest BCUT2D eigenvalue weighted by Crippen LogP contribution is -2.40. The minimum atomic E-state index is -3.46. The van der Waals surface area contributed by atoms with Crippen LogP contribution in [-0.2, 0) is 19.6 Å². The zero-order valence-electron chi connectivity index (χ0n) is 14.0. The molecule has 3 N–H and O–H groups in total. The first-order valence-electron chi connectivity index (χ1n) is 7.95. The van der Waals surface area contributed by atoms with Gasteiger partial charge in [0.05, 0.1) is 25.0 Å². The van der Waals surface area contributed by atoms with Gasteiger partial charge >= 0.3 is 0 Å². The molecule has 1 unspecified atom stereocenters. The number of halogens is 1. The van der Waals surface area contributed by atoms with E-state index >= 15 is 0 Å². The second kappa shape index (κ2) is 12.0. The molecule has 0 aromatic carbocycles. The number of piperidine rings is 1. The summed E-state index contributed by atoms with van der Waals surface area (Å²) in [4.78, 5) is 11.6. The molecule has 23 heavy (non-hydrogen) atoms. The summed E-state index contributed by atoms with van der Waals surface area (Å²) in [5.74, 6) is 0.169. The molecule has 138 valence electrons. The SMILES string of the molecule is CC(C)OCCS(=O)(=O)NCC(=O)NCCC1CCCNC1.Cl. The molecule has 0 aliphatic carbocycles. The summed E-state index contributed by atoms with van der Waals surface area (Å²) in [6, 6.07) is 0. The number of ether oxygens (including phenoxy) is 1. The third-order valence-corrected chi connectivity index (χ3v) is 4.82. The fourth-order valence-electron chi connectivity index (χ4n) is 2.29. The zero-order chi connectivity index (χ0) is 16.4. The van der Waals surface area contributed by atoms with Gasteiger partial charge in [-0.1, -0.05) is 0 Å². The number of hydrogen-bond donors (Lipinski definition) is 3. The average Bonchev–Trinajstić information content (AvgIpc) is 2.46. The number of rotatable bonds is 10. The van der Waals surface area contributed by atoms with Crippen molar-refractivity contribution in [2.24, 2.45) is 5.92 Å². The first-order valence-corrected chi connectivity index (χ1v) is 9.60. The van der Waals surface area contributed by atoms with Crippen molar-refractivity contribution in [2.45, 2.75) is 39.2 Å². The van der Waals surface area contributed by atoms with Gasteiger partial charge in [-0.25, -0.2) is 13.1 Å². The molecule has 1 rings (SSSR count). The molecule has 0 spiro atoms. The minimum Gasteiger partial charge on any atom is -0.378 e. The highest BCUT2D eigenvalue weighted by Gasteiger charge is 2.14. The molecule has 1 aliphatic heterocycles. The number of hydrogen-bond acceptors (Lipinski definition) is 5. The Kier molecular flexibility index (Phi) is 11.8. The van der Waals surface area contributed by atoms with Crippen LogP contribution >= 0.6 is 12.4 Å². The predicted octanol–water partition coefficient (Wildman–Crippen LogP) is 0.259. The monoisotopic (exact) mass is 371 g/mol. The summed E-state index contributed by atoms with van der Waals surface area (Å²) in [5.41, 5.74) is 0. The molecule has 9 heteroatoms. The Morgan fingerprint density at radius 3 is 2.74 bits per heavy atom. The van der Waals surface area contributed by atoms with Crippen LogP contribution in [0.3, 0.4) is 0 Å². The molecule has 0 radical (unpaired) electrons. The van der Waals surface area contributed by atoms with E-state index in [1.807, 2.05) is 13.8 Å². The molecule has 1 saturated heterocycles. The Morgan fingerprint density at radius 1 is 1.39 bits per heavy atom. The number of carbonyl (C=O) groups excluding carboxylic acids is 1. The summed E-state index contributed by atoms with van der Waals surface area (Å²) in [5, 5.41) is 6.08. The fourth-order valence-corrected chi connectivity index (χ4v) is 3.10. The van der Waals surface area contributed by atoms with Crippen molar-refractivity contribution in [3.8, 4) is 0 Å². The van der Waals surface area contributed by atoms with Gasteiger partial charge < -0.3 is 15.4 Å². The summed E-state index contributed by atoms with van der Waals surface area (Å²) in [6.45, 7) is 6.26. The minimum absolute atomic E-state index is 0. The topological polar surface area (TPSA) is 96.5 Å². The normalized spacial score (nSPS) is 18.5. The lowest BCUT2D eigenvalue weighted by Gasteiger charge is -2.22. The number of carbonyl (C=O) groups is 1. The molecule has 1 aliphatic rings. The van der Waals surface area contributed by atoms with Crippen molar-refractivity contribution in [1.29, 1.82) is 0 Å². The van der Waals surface area contributed by atoms with Gasteiger partial charge in [0.15, 0.2) is 0 Å². The lowest BCUT2D eigenvalue weighted by atomic mass is 9.96. The van der Waals surface area contributed by atoms with Gasteiger partial charge in [-0.3, -0.25) is 4.79 Å². The molecule has 1 heterocycles. The highest BCUT2D eigenvalue weighted by Crippen LogP contribution is 2.12. The van der Waals surface area contributed by atoms with E-state index in [0.717, 1.165) is 19.5 Å². The largest absolute Gasteiger partial charge is 0.378 e. The first-order chi connectivity index (χ1) is 10.4. The Hall–Kier alpha value is -0.410. The van der Waals surface area contributed by atoms with Gasteiger partial charge in [0, 0.05) is 6.54 Å². The average molecular weight is 372 g/mol. The maximum atomic E-state index is 11.7. The second-order valence-corrected chi connectivity index (χ2v) is 7.84. The van der Waals surface area contributed by atoms with Crippen LogP contribution < -0.4 is 15.4 Å². The first kappa shape index (κ1) is 22.6. The van der Waals surface area contributed by atoms with Gasteiger partial charge in [0.2, 0.25) is 15.9 Å².